The van der Waals surface area contributed by atoms with E-state index in [1.165, 1.54) is 24.0 Å². The molecule has 0 aromatic heterocycles. The number of nitrogens with one attached hydrogen (secondary N) is 1. The van der Waals surface area contributed by atoms with E-state index in [9.17, 15) is 4.79 Å². The molecule has 1 amide bonds. The lowest BCUT2D eigenvalue weighted by Crippen LogP contribution is -2.39. The van der Waals surface area contributed by atoms with Gasteiger partial charge in [0.1, 0.15) is 0 Å². The van der Waals surface area contributed by atoms with Gasteiger partial charge in [0.05, 0.1) is 0 Å². The van der Waals surface area contributed by atoms with Crippen molar-refractivity contribution in [1.82, 2.24) is 15.1 Å². The minimum Gasteiger partial charge on any atom is -0.352 e. The molecule has 2 heterocycles. The highest BCUT2D eigenvalue weighted by atomic mass is 16.2. The minimum absolute atomic E-state index is 0.281. The highest BCUT2D eigenvalue weighted by molar-refractivity contribution is 5.80. The van der Waals surface area contributed by atoms with Gasteiger partial charge in [0.25, 0.3) is 0 Å². The van der Waals surface area contributed by atoms with E-state index in [2.05, 4.69) is 53.3 Å². The highest BCUT2D eigenvalue weighted by Crippen LogP contribution is 2.23. The number of hydrogen-bond donors (Lipinski definition) is 1. The summed E-state index contributed by atoms with van der Waals surface area (Å²) in [7, 11) is 1.87. The van der Waals surface area contributed by atoms with Gasteiger partial charge in [-0.2, -0.15) is 0 Å². The molecule has 0 bridgehead atoms. The Morgan fingerprint density at radius 1 is 1.30 bits per heavy atom. The number of aliphatic imine (C=N–C) groups is 1. The van der Waals surface area contributed by atoms with Crippen molar-refractivity contribution in [3.05, 3.63) is 35.4 Å². The van der Waals surface area contributed by atoms with E-state index >= 15 is 0 Å². The van der Waals surface area contributed by atoms with Gasteiger partial charge in [0.15, 0.2) is 5.96 Å². The molecule has 0 aliphatic carbocycles. The fourth-order valence-electron chi connectivity index (χ4n) is 4.33. The van der Waals surface area contributed by atoms with Crippen LogP contribution < -0.4 is 5.32 Å². The summed E-state index contributed by atoms with van der Waals surface area (Å²) >= 11 is 0. The molecule has 2 aliphatic rings. The molecule has 3 rings (SSSR count). The Hall–Kier alpha value is -2.04. The SMILES string of the molecule is CN=C(NCc1cccc(CN2CCCC2=O)c1)N1CCC(CC(C)C)C1. The van der Waals surface area contributed by atoms with Crippen LogP contribution >= 0.6 is 0 Å². The van der Waals surface area contributed by atoms with E-state index in [4.69, 9.17) is 0 Å². The van der Waals surface area contributed by atoms with E-state index in [0.717, 1.165) is 56.9 Å². The molecule has 1 N–H and O–H groups in total. The Balaban J connectivity index is 1.53. The van der Waals surface area contributed by atoms with E-state index in [1.54, 1.807) is 0 Å². The van der Waals surface area contributed by atoms with Crippen LogP contribution in [0, 0.1) is 11.8 Å². The number of hydrogen-bond acceptors (Lipinski definition) is 2. The number of amides is 1. The predicted molar refractivity (Wildman–Crippen MR) is 110 cm³/mol. The van der Waals surface area contributed by atoms with Gasteiger partial charge in [-0.3, -0.25) is 9.79 Å². The molecule has 0 saturated carbocycles. The Labute approximate surface area is 163 Å². The second-order valence-electron chi connectivity index (χ2n) is 8.37. The summed E-state index contributed by atoms with van der Waals surface area (Å²) in [5.74, 6) is 2.82. The van der Waals surface area contributed by atoms with Crippen molar-refractivity contribution in [2.24, 2.45) is 16.8 Å². The standard InChI is InChI=1S/C22H34N4O/c1-17(2)12-20-9-11-26(16-20)22(23-3)24-14-18-6-4-7-19(13-18)15-25-10-5-8-21(25)27/h4,6-7,13,17,20H,5,8-12,14-16H2,1-3H3,(H,23,24). The van der Waals surface area contributed by atoms with Crippen LogP contribution in [0.5, 0.6) is 0 Å². The molecule has 0 spiro atoms. The van der Waals surface area contributed by atoms with Crippen LogP contribution in [-0.4, -0.2) is 48.3 Å². The van der Waals surface area contributed by atoms with Gasteiger partial charge >= 0.3 is 0 Å². The number of rotatable bonds is 6. The van der Waals surface area contributed by atoms with Gasteiger partial charge in [-0.1, -0.05) is 38.1 Å². The lowest BCUT2D eigenvalue weighted by atomic mass is 9.97. The number of likely N-dealkylation sites (tertiary alicyclic amines) is 2. The first-order valence-corrected chi connectivity index (χ1v) is 10.4. The topological polar surface area (TPSA) is 47.9 Å². The highest BCUT2D eigenvalue weighted by Gasteiger charge is 2.25. The second kappa shape index (κ2) is 9.25. The van der Waals surface area contributed by atoms with Crippen molar-refractivity contribution in [3.8, 4) is 0 Å². The van der Waals surface area contributed by atoms with Crippen LogP contribution in [0.3, 0.4) is 0 Å². The Morgan fingerprint density at radius 3 is 2.81 bits per heavy atom. The van der Waals surface area contributed by atoms with E-state index in [1.807, 2.05) is 11.9 Å². The summed E-state index contributed by atoms with van der Waals surface area (Å²) < 4.78 is 0. The van der Waals surface area contributed by atoms with Crippen LogP contribution in [0.1, 0.15) is 50.7 Å². The smallest absolute Gasteiger partial charge is 0.222 e. The monoisotopic (exact) mass is 370 g/mol. The number of carbonyl (C=O) groups is 1. The van der Waals surface area contributed by atoms with Crippen LogP contribution in [-0.2, 0) is 17.9 Å². The Bertz CT molecular complexity index is 670. The van der Waals surface area contributed by atoms with E-state index in [0.29, 0.717) is 6.42 Å². The van der Waals surface area contributed by atoms with Gasteiger partial charge in [0.2, 0.25) is 5.91 Å². The maximum absolute atomic E-state index is 11.9. The average molecular weight is 371 g/mol. The van der Waals surface area contributed by atoms with Crippen molar-refractivity contribution in [3.63, 3.8) is 0 Å². The molecular weight excluding hydrogens is 336 g/mol. The maximum Gasteiger partial charge on any atom is 0.222 e. The summed E-state index contributed by atoms with van der Waals surface area (Å²) in [6.07, 6.45) is 4.25. The third-order valence-electron chi connectivity index (χ3n) is 5.59. The zero-order valence-electron chi connectivity index (χ0n) is 17.1. The zero-order valence-corrected chi connectivity index (χ0v) is 17.1. The van der Waals surface area contributed by atoms with Gasteiger partial charge in [-0.05, 0) is 42.2 Å². The molecule has 1 atom stereocenters. The molecule has 5 nitrogen and oxygen atoms in total. The third-order valence-corrected chi connectivity index (χ3v) is 5.59. The Morgan fingerprint density at radius 2 is 2.11 bits per heavy atom. The van der Waals surface area contributed by atoms with Crippen molar-refractivity contribution in [2.75, 3.05) is 26.7 Å². The number of guanidine groups is 1. The van der Waals surface area contributed by atoms with Crippen LogP contribution in [0.15, 0.2) is 29.3 Å². The van der Waals surface area contributed by atoms with Gasteiger partial charge in [-0.25, -0.2) is 0 Å². The fraction of sp³-hybridized carbons (Fsp3) is 0.636. The number of nitrogens with zero attached hydrogens (tertiary/aromatic N) is 3. The summed E-state index contributed by atoms with van der Waals surface area (Å²) in [5.41, 5.74) is 2.44. The van der Waals surface area contributed by atoms with E-state index < -0.39 is 0 Å². The molecule has 0 radical (unpaired) electrons. The predicted octanol–water partition coefficient (Wildman–Crippen LogP) is 3.25. The Kier molecular flexibility index (Phi) is 6.75. The summed E-state index contributed by atoms with van der Waals surface area (Å²) in [6, 6.07) is 8.55. The first kappa shape index (κ1) is 19.7. The lowest BCUT2D eigenvalue weighted by molar-refractivity contribution is -0.128. The van der Waals surface area contributed by atoms with E-state index in [-0.39, 0.29) is 5.91 Å². The summed E-state index contributed by atoms with van der Waals surface area (Å²) in [4.78, 5) is 20.7. The molecule has 1 aromatic carbocycles. The molecule has 148 valence electrons. The molecule has 2 aliphatic heterocycles. The molecular formula is C22H34N4O. The van der Waals surface area contributed by atoms with Crippen molar-refractivity contribution in [1.29, 1.82) is 0 Å². The number of benzene rings is 1. The lowest BCUT2D eigenvalue weighted by Gasteiger charge is -2.22. The minimum atomic E-state index is 0.281. The molecule has 2 saturated heterocycles. The molecule has 1 unspecified atom stereocenters. The summed E-state index contributed by atoms with van der Waals surface area (Å²) in [6.45, 7) is 9.19. The molecule has 1 aromatic rings. The quantitative estimate of drug-likeness (QED) is 0.618. The van der Waals surface area contributed by atoms with Crippen molar-refractivity contribution in [2.45, 2.75) is 52.6 Å². The fourth-order valence-corrected chi connectivity index (χ4v) is 4.33. The van der Waals surface area contributed by atoms with Gasteiger partial charge in [-0.15, -0.1) is 0 Å². The van der Waals surface area contributed by atoms with Crippen molar-refractivity contribution < 1.29 is 4.79 Å². The van der Waals surface area contributed by atoms with Gasteiger partial charge < -0.3 is 15.1 Å². The first-order chi connectivity index (χ1) is 13.0. The third kappa shape index (κ3) is 5.47. The normalized spacial score (nSPS) is 20.8. The number of carbonyl (C=O) groups excluding carboxylic acids is 1. The van der Waals surface area contributed by atoms with Crippen molar-refractivity contribution >= 4 is 11.9 Å². The maximum atomic E-state index is 11.9. The van der Waals surface area contributed by atoms with Crippen LogP contribution in [0.2, 0.25) is 0 Å². The van der Waals surface area contributed by atoms with Crippen LogP contribution in [0.25, 0.3) is 0 Å². The van der Waals surface area contributed by atoms with Gasteiger partial charge in [0, 0.05) is 46.2 Å². The molecule has 5 heteroatoms. The average Bonchev–Trinajstić information content (AvgIpc) is 3.25. The first-order valence-electron chi connectivity index (χ1n) is 10.4. The summed E-state index contributed by atoms with van der Waals surface area (Å²) in [5, 5.41) is 3.53. The zero-order chi connectivity index (χ0) is 19.2. The molecule has 27 heavy (non-hydrogen) atoms. The largest absolute Gasteiger partial charge is 0.352 e. The molecule has 2 fully saturated rings. The second-order valence-corrected chi connectivity index (χ2v) is 8.37. The van der Waals surface area contributed by atoms with Crippen LogP contribution in [0.4, 0.5) is 0 Å².